The summed E-state index contributed by atoms with van der Waals surface area (Å²) in [6.07, 6.45) is 0. The number of nitriles is 1. The SMILES string of the molecule is N#Cc1oc2ccccc2c(=[Se])c1-c1ccccc1. The molecule has 0 saturated carbocycles. The number of hydrogen-bond donors (Lipinski definition) is 0. The Balaban J connectivity index is 2.45. The predicted molar refractivity (Wildman–Crippen MR) is 75.4 cm³/mol. The van der Waals surface area contributed by atoms with Gasteiger partial charge in [0, 0.05) is 0 Å². The van der Waals surface area contributed by atoms with E-state index in [1.54, 1.807) is 0 Å². The Kier molecular flexibility index (Phi) is 3.05. The third-order valence-corrected chi connectivity index (χ3v) is 3.85. The van der Waals surface area contributed by atoms with Crippen LogP contribution in [0, 0.1) is 15.4 Å². The molecule has 0 bridgehead atoms. The van der Waals surface area contributed by atoms with E-state index in [2.05, 4.69) is 21.6 Å². The quantitative estimate of drug-likeness (QED) is 0.643. The second kappa shape index (κ2) is 4.85. The van der Waals surface area contributed by atoms with Gasteiger partial charge in [0.1, 0.15) is 0 Å². The molecule has 0 saturated heterocycles. The van der Waals surface area contributed by atoms with Crippen LogP contribution in [0.1, 0.15) is 5.76 Å². The average molecular weight is 310 g/mol. The van der Waals surface area contributed by atoms with Gasteiger partial charge in [-0.15, -0.1) is 0 Å². The van der Waals surface area contributed by atoms with Crippen molar-refractivity contribution in [1.82, 2.24) is 0 Å². The molecule has 0 unspecified atom stereocenters. The van der Waals surface area contributed by atoms with Crippen LogP contribution in [0.3, 0.4) is 0 Å². The Morgan fingerprint density at radius 3 is 2.37 bits per heavy atom. The number of nitrogens with zero attached hydrogens (tertiary/aromatic N) is 1. The summed E-state index contributed by atoms with van der Waals surface area (Å²) in [5, 5.41) is 10.3. The van der Waals surface area contributed by atoms with Crippen molar-refractivity contribution in [3.63, 3.8) is 0 Å². The maximum atomic E-state index is 9.31. The van der Waals surface area contributed by atoms with E-state index in [-0.39, 0.29) is 0 Å². The average Bonchev–Trinajstić information content (AvgIpc) is 2.48. The second-order valence-electron chi connectivity index (χ2n) is 4.11. The number of para-hydroxylation sites is 1. The van der Waals surface area contributed by atoms with Gasteiger partial charge in [-0.25, -0.2) is 0 Å². The summed E-state index contributed by atoms with van der Waals surface area (Å²) in [7, 11) is 0. The first-order valence-electron chi connectivity index (χ1n) is 5.82. The van der Waals surface area contributed by atoms with Gasteiger partial charge >= 0.3 is 118 Å². The van der Waals surface area contributed by atoms with Gasteiger partial charge in [-0.3, -0.25) is 0 Å². The monoisotopic (exact) mass is 311 g/mol. The molecule has 2 aromatic carbocycles. The molecule has 1 aromatic heterocycles. The fourth-order valence-corrected chi connectivity index (χ4v) is 2.88. The van der Waals surface area contributed by atoms with Gasteiger partial charge in [0.2, 0.25) is 0 Å². The summed E-state index contributed by atoms with van der Waals surface area (Å²) in [6.45, 7) is 0. The van der Waals surface area contributed by atoms with Crippen LogP contribution in [-0.2, 0) is 0 Å². The van der Waals surface area contributed by atoms with E-state index in [9.17, 15) is 5.26 Å². The van der Waals surface area contributed by atoms with Crippen molar-refractivity contribution < 1.29 is 4.42 Å². The third-order valence-electron chi connectivity index (χ3n) is 2.96. The summed E-state index contributed by atoms with van der Waals surface area (Å²) < 4.78 is 6.64. The van der Waals surface area contributed by atoms with E-state index >= 15 is 0 Å². The van der Waals surface area contributed by atoms with Crippen LogP contribution in [-0.4, -0.2) is 15.6 Å². The molecule has 2 nitrogen and oxygen atoms in total. The van der Waals surface area contributed by atoms with Crippen molar-refractivity contribution in [2.24, 2.45) is 0 Å². The Bertz CT molecular complexity index is 844. The fraction of sp³-hybridized carbons (Fsp3) is 0. The van der Waals surface area contributed by atoms with Crippen LogP contribution in [0.25, 0.3) is 22.1 Å². The number of hydrogen-bond acceptors (Lipinski definition) is 2. The van der Waals surface area contributed by atoms with Crippen LogP contribution in [0.15, 0.2) is 59.0 Å². The fourth-order valence-electron chi connectivity index (χ4n) is 2.09. The van der Waals surface area contributed by atoms with E-state index in [1.165, 1.54) is 0 Å². The molecule has 3 heteroatoms. The van der Waals surface area contributed by atoms with Gasteiger partial charge in [-0.2, -0.15) is 0 Å². The summed E-state index contributed by atoms with van der Waals surface area (Å²) in [6, 6.07) is 19.6. The summed E-state index contributed by atoms with van der Waals surface area (Å²) in [4.78, 5) is 0. The molecule has 0 amide bonds. The van der Waals surface area contributed by atoms with Crippen molar-refractivity contribution in [3.05, 3.63) is 64.4 Å². The Labute approximate surface area is 118 Å². The Hall–Kier alpha value is -2.14. The molecule has 0 atom stereocenters. The first-order chi connectivity index (χ1) is 9.31. The first kappa shape index (κ1) is 11.9. The molecular weight excluding hydrogens is 301 g/mol. The number of fused-ring (bicyclic) bond motifs is 1. The topological polar surface area (TPSA) is 36.9 Å². The van der Waals surface area contributed by atoms with E-state index in [0.717, 1.165) is 20.6 Å². The number of benzene rings is 2. The molecule has 0 aliphatic heterocycles. The molecule has 0 fully saturated rings. The summed E-state index contributed by atoms with van der Waals surface area (Å²) in [5.74, 6) is 0.332. The standard InChI is InChI=1S/C16H9NOSe/c17-10-14-15(11-6-2-1-3-7-11)16(19)12-8-4-5-9-13(12)18-14/h1-9H. The van der Waals surface area contributed by atoms with Gasteiger partial charge in [-0.05, 0) is 0 Å². The molecule has 0 aliphatic rings. The van der Waals surface area contributed by atoms with E-state index < -0.39 is 0 Å². The second-order valence-corrected chi connectivity index (χ2v) is 4.97. The van der Waals surface area contributed by atoms with Crippen LogP contribution < -0.4 is 0 Å². The molecule has 0 aliphatic carbocycles. The molecular formula is C16H9NOSe. The minimum atomic E-state index is 0.332. The zero-order chi connectivity index (χ0) is 13.2. The van der Waals surface area contributed by atoms with E-state index in [4.69, 9.17) is 4.42 Å². The van der Waals surface area contributed by atoms with Crippen LogP contribution >= 0.6 is 0 Å². The maximum absolute atomic E-state index is 9.31. The minimum absolute atomic E-state index is 0.332. The third kappa shape index (κ3) is 2.02. The van der Waals surface area contributed by atoms with Crippen LogP contribution in [0.4, 0.5) is 0 Å². The van der Waals surface area contributed by atoms with E-state index in [0.29, 0.717) is 11.3 Å². The van der Waals surface area contributed by atoms with Gasteiger partial charge in [-0.1, -0.05) is 0 Å². The summed E-state index contributed by atoms with van der Waals surface area (Å²) in [5.41, 5.74) is 2.51. The molecule has 3 aromatic rings. The molecule has 19 heavy (non-hydrogen) atoms. The van der Waals surface area contributed by atoms with Crippen molar-refractivity contribution >= 4 is 26.5 Å². The van der Waals surface area contributed by atoms with Gasteiger partial charge in [0.05, 0.1) is 0 Å². The Morgan fingerprint density at radius 2 is 1.63 bits per heavy atom. The summed E-state index contributed by atoms with van der Waals surface area (Å²) >= 11 is 3.08. The van der Waals surface area contributed by atoms with Gasteiger partial charge < -0.3 is 0 Å². The van der Waals surface area contributed by atoms with Crippen molar-refractivity contribution in [2.75, 3.05) is 0 Å². The van der Waals surface area contributed by atoms with Crippen molar-refractivity contribution in [3.8, 4) is 17.2 Å². The van der Waals surface area contributed by atoms with Crippen molar-refractivity contribution in [2.45, 2.75) is 0 Å². The molecule has 0 spiro atoms. The van der Waals surface area contributed by atoms with Crippen molar-refractivity contribution in [1.29, 1.82) is 5.26 Å². The molecule has 3 rings (SSSR count). The van der Waals surface area contributed by atoms with E-state index in [1.807, 2.05) is 54.6 Å². The van der Waals surface area contributed by atoms with Gasteiger partial charge in [0.15, 0.2) is 0 Å². The number of rotatable bonds is 1. The molecule has 0 radical (unpaired) electrons. The zero-order valence-electron chi connectivity index (χ0n) is 9.96. The van der Waals surface area contributed by atoms with Crippen LogP contribution in [0.5, 0.6) is 0 Å². The molecule has 0 N–H and O–H groups in total. The Morgan fingerprint density at radius 1 is 0.947 bits per heavy atom. The van der Waals surface area contributed by atoms with Crippen LogP contribution in [0.2, 0.25) is 0 Å². The molecule has 90 valence electrons. The molecule has 1 heterocycles. The normalized spacial score (nSPS) is 10.3. The van der Waals surface area contributed by atoms with Gasteiger partial charge in [0.25, 0.3) is 0 Å². The first-order valence-corrected chi connectivity index (χ1v) is 6.68. The zero-order valence-corrected chi connectivity index (χ0v) is 11.7. The predicted octanol–water partition coefficient (Wildman–Crippen LogP) is 3.67.